The van der Waals surface area contributed by atoms with E-state index in [1.54, 1.807) is 0 Å². The van der Waals surface area contributed by atoms with Gasteiger partial charge in [-0.15, -0.1) is 0 Å². The summed E-state index contributed by atoms with van der Waals surface area (Å²) in [7, 11) is 5.18. The van der Waals surface area contributed by atoms with Crippen LogP contribution in [0.2, 0.25) is 0 Å². The van der Waals surface area contributed by atoms with Gasteiger partial charge in [0.25, 0.3) is 5.69 Å². The molecule has 0 spiro atoms. The fourth-order valence-corrected chi connectivity index (χ4v) is 0.550. The third kappa shape index (κ3) is 1.31. The second-order valence-electron chi connectivity index (χ2n) is 1.70. The lowest BCUT2D eigenvalue weighted by molar-refractivity contribution is -0.384. The number of nitrogens with zero attached hydrogens (tertiary/aromatic N) is 2. The van der Waals surface area contributed by atoms with E-state index in [0.29, 0.717) is 0 Å². The summed E-state index contributed by atoms with van der Waals surface area (Å²) < 4.78 is 0. The molecule has 1 rings (SSSR count). The molecular weight excluding hydrogens is 131 g/mol. The van der Waals surface area contributed by atoms with E-state index >= 15 is 0 Å². The summed E-state index contributed by atoms with van der Waals surface area (Å²) in [5.74, 6) is 0. The van der Waals surface area contributed by atoms with Gasteiger partial charge in [0.1, 0.15) is 7.85 Å². The van der Waals surface area contributed by atoms with E-state index in [4.69, 9.17) is 7.85 Å². The Morgan fingerprint density at radius 2 is 2.40 bits per heavy atom. The first-order chi connectivity index (χ1) is 4.70. The van der Waals surface area contributed by atoms with Crippen LogP contribution in [-0.2, 0) is 0 Å². The van der Waals surface area contributed by atoms with Crippen LogP contribution in [0, 0.1) is 10.1 Å². The molecule has 4 nitrogen and oxygen atoms in total. The van der Waals surface area contributed by atoms with E-state index in [-0.39, 0.29) is 11.3 Å². The maximum Gasteiger partial charge on any atom is 0.271 e. The van der Waals surface area contributed by atoms with Gasteiger partial charge in [0, 0.05) is 18.3 Å². The van der Waals surface area contributed by atoms with Crippen LogP contribution in [0.1, 0.15) is 0 Å². The van der Waals surface area contributed by atoms with Crippen LogP contribution in [-0.4, -0.2) is 17.8 Å². The smallest absolute Gasteiger partial charge is 0.271 e. The molecule has 1 aromatic rings. The van der Waals surface area contributed by atoms with Crippen molar-refractivity contribution < 1.29 is 4.92 Å². The first-order valence-electron chi connectivity index (χ1n) is 2.56. The van der Waals surface area contributed by atoms with E-state index in [0.717, 1.165) is 0 Å². The third-order valence-electron chi connectivity index (χ3n) is 0.975. The van der Waals surface area contributed by atoms with E-state index in [1.807, 2.05) is 0 Å². The van der Waals surface area contributed by atoms with Crippen LogP contribution in [0.3, 0.4) is 0 Å². The minimum Gasteiger partial charge on any atom is -0.272 e. The highest BCUT2D eigenvalue weighted by molar-refractivity contribution is 6.30. The zero-order valence-electron chi connectivity index (χ0n) is 5.02. The Balaban J connectivity index is 3.07. The molecule has 5 heteroatoms. The first-order valence-corrected chi connectivity index (χ1v) is 2.56. The molecule has 48 valence electrons. The van der Waals surface area contributed by atoms with Gasteiger partial charge in [0.05, 0.1) is 4.92 Å². The summed E-state index contributed by atoms with van der Waals surface area (Å²) in [6.07, 6.45) is 1.30. The third-order valence-corrected chi connectivity index (χ3v) is 0.975. The Morgan fingerprint density at radius 3 is 2.80 bits per heavy atom. The van der Waals surface area contributed by atoms with Crippen LogP contribution < -0.4 is 5.59 Å². The maximum absolute atomic E-state index is 10.1. The highest BCUT2D eigenvalue weighted by Gasteiger charge is 2.02. The van der Waals surface area contributed by atoms with Gasteiger partial charge in [-0.05, 0) is 5.59 Å². The van der Waals surface area contributed by atoms with E-state index in [9.17, 15) is 10.1 Å². The molecule has 0 fully saturated rings. The summed E-state index contributed by atoms with van der Waals surface area (Å²) in [4.78, 5) is 13.2. The average molecular weight is 134 g/mol. The maximum atomic E-state index is 10.1. The zero-order valence-corrected chi connectivity index (χ0v) is 5.02. The molecule has 0 aliphatic carbocycles. The van der Waals surface area contributed by atoms with Gasteiger partial charge in [0.15, 0.2) is 0 Å². The van der Waals surface area contributed by atoms with Crippen molar-refractivity contribution in [3.63, 3.8) is 0 Å². The van der Waals surface area contributed by atoms with Gasteiger partial charge in [-0.1, -0.05) is 0 Å². The first kappa shape index (κ1) is 6.73. The lowest BCUT2D eigenvalue weighted by Crippen LogP contribution is -2.07. The molecule has 0 saturated carbocycles. The average Bonchev–Trinajstić information content (AvgIpc) is 1.88. The van der Waals surface area contributed by atoms with Crippen molar-refractivity contribution in [2.75, 3.05) is 0 Å². The SMILES string of the molecule is [B]c1cc([N+](=O)[O-])ccn1. The fourth-order valence-electron chi connectivity index (χ4n) is 0.550. The molecule has 0 bridgehead atoms. The minimum absolute atomic E-state index is 0.0347. The molecule has 0 N–H and O–H groups in total. The standard InChI is InChI=1S/C5H3BN2O2/c6-5-3-4(8(9)10)1-2-7-5/h1-3H. The lowest BCUT2D eigenvalue weighted by Gasteiger charge is -1.90. The number of hydrogen-bond donors (Lipinski definition) is 0. The summed E-state index contributed by atoms with van der Waals surface area (Å²) in [6, 6.07) is 2.50. The second-order valence-corrected chi connectivity index (χ2v) is 1.70. The van der Waals surface area contributed by atoms with Gasteiger partial charge in [-0.3, -0.25) is 15.1 Å². The normalized spacial score (nSPS) is 9.20. The van der Waals surface area contributed by atoms with Crippen molar-refractivity contribution in [3.8, 4) is 0 Å². The van der Waals surface area contributed by atoms with E-state index < -0.39 is 4.92 Å². The zero-order chi connectivity index (χ0) is 7.56. The highest BCUT2D eigenvalue weighted by atomic mass is 16.6. The van der Waals surface area contributed by atoms with Gasteiger partial charge in [0.2, 0.25) is 0 Å². The second kappa shape index (κ2) is 2.47. The van der Waals surface area contributed by atoms with Gasteiger partial charge in [-0.2, -0.15) is 0 Å². The van der Waals surface area contributed by atoms with Crippen molar-refractivity contribution in [1.82, 2.24) is 4.98 Å². The topological polar surface area (TPSA) is 56.0 Å². The van der Waals surface area contributed by atoms with Crippen LogP contribution in [0.4, 0.5) is 5.69 Å². The Hall–Kier alpha value is -1.39. The lowest BCUT2D eigenvalue weighted by atomic mass is 10.0. The molecule has 0 saturated heterocycles. The predicted molar refractivity (Wildman–Crippen MR) is 36.3 cm³/mol. The molecule has 2 radical (unpaired) electrons. The molecular formula is C5H3BN2O2. The number of rotatable bonds is 1. The van der Waals surface area contributed by atoms with Crippen LogP contribution in [0.15, 0.2) is 18.3 Å². The highest BCUT2D eigenvalue weighted by Crippen LogP contribution is 2.03. The van der Waals surface area contributed by atoms with E-state index in [2.05, 4.69) is 4.98 Å². The number of pyridine rings is 1. The molecule has 1 aromatic heterocycles. The van der Waals surface area contributed by atoms with Crippen molar-refractivity contribution in [2.24, 2.45) is 0 Å². The largest absolute Gasteiger partial charge is 0.272 e. The van der Waals surface area contributed by atoms with Crippen molar-refractivity contribution >= 4 is 19.1 Å². The summed E-state index contributed by atoms with van der Waals surface area (Å²) in [5, 5.41) is 10.1. The molecule has 0 unspecified atom stereocenters. The van der Waals surface area contributed by atoms with E-state index in [1.165, 1.54) is 18.3 Å². The Labute approximate surface area is 58.5 Å². The predicted octanol–water partition coefficient (Wildman–Crippen LogP) is -0.216. The van der Waals surface area contributed by atoms with Crippen LogP contribution in [0.5, 0.6) is 0 Å². The summed E-state index contributed by atoms with van der Waals surface area (Å²) in [6.45, 7) is 0. The number of hydrogen-bond acceptors (Lipinski definition) is 3. The summed E-state index contributed by atoms with van der Waals surface area (Å²) >= 11 is 0. The van der Waals surface area contributed by atoms with Gasteiger partial charge < -0.3 is 0 Å². The monoisotopic (exact) mass is 134 g/mol. The van der Waals surface area contributed by atoms with Gasteiger partial charge in [-0.25, -0.2) is 0 Å². The molecule has 0 atom stereocenters. The minimum atomic E-state index is -0.516. The van der Waals surface area contributed by atoms with Crippen molar-refractivity contribution in [1.29, 1.82) is 0 Å². The molecule has 0 amide bonds. The number of nitro groups is 1. The fraction of sp³-hybridized carbons (Fsp3) is 0. The molecule has 0 aliphatic heterocycles. The molecule has 10 heavy (non-hydrogen) atoms. The van der Waals surface area contributed by atoms with Crippen molar-refractivity contribution in [2.45, 2.75) is 0 Å². The molecule has 0 aromatic carbocycles. The summed E-state index contributed by atoms with van der Waals surface area (Å²) in [5.41, 5.74) is 0.127. The van der Waals surface area contributed by atoms with Crippen LogP contribution in [0.25, 0.3) is 0 Å². The van der Waals surface area contributed by atoms with Crippen molar-refractivity contribution in [3.05, 3.63) is 28.4 Å². The Bertz CT molecular complexity index is 264. The quantitative estimate of drug-likeness (QED) is 0.303. The Morgan fingerprint density at radius 1 is 1.70 bits per heavy atom. The Kier molecular flexibility index (Phi) is 1.66. The molecule has 0 aliphatic rings. The number of aromatic nitrogens is 1. The molecule has 1 heterocycles. The van der Waals surface area contributed by atoms with Crippen LogP contribution >= 0.6 is 0 Å². The van der Waals surface area contributed by atoms with Gasteiger partial charge >= 0.3 is 0 Å².